The lowest BCUT2D eigenvalue weighted by Gasteiger charge is -2.08. The maximum Gasteiger partial charge on any atom is 0.233 e. The molecule has 7 nitrogen and oxygen atoms in total. The Morgan fingerprint density at radius 1 is 1.05 bits per heavy atom. The zero-order valence-electron chi connectivity index (χ0n) is 10.8. The lowest BCUT2D eigenvalue weighted by molar-refractivity contribution is 0.0176. The summed E-state index contributed by atoms with van der Waals surface area (Å²) >= 11 is 3.25. The lowest BCUT2D eigenvalue weighted by Crippen LogP contribution is -2.13. The van der Waals surface area contributed by atoms with E-state index < -0.39 is 0 Å². The summed E-state index contributed by atoms with van der Waals surface area (Å²) in [6, 6.07) is 0. The van der Waals surface area contributed by atoms with Gasteiger partial charge in [0, 0.05) is 7.11 Å². The molecule has 0 fully saturated rings. The standard InChI is InChI=1S/C11H18BrN3O4/c1-16-2-3-17-4-5-18-6-7-19-11-9(12)10(13)14-8-15-11/h8H,2-7H2,1H3,(H2,13,14,15). The Morgan fingerprint density at radius 3 is 2.37 bits per heavy atom. The Labute approximate surface area is 120 Å². The molecule has 0 amide bonds. The van der Waals surface area contributed by atoms with Gasteiger partial charge in [0.05, 0.1) is 33.0 Å². The number of hydrogen-bond donors (Lipinski definition) is 1. The summed E-state index contributed by atoms with van der Waals surface area (Å²) < 4.78 is 21.4. The molecule has 0 aliphatic rings. The molecule has 0 radical (unpaired) electrons. The second-order valence-corrected chi connectivity index (χ2v) is 4.24. The SMILES string of the molecule is COCCOCCOCCOc1ncnc(N)c1Br. The third kappa shape index (κ3) is 6.67. The second kappa shape index (κ2) is 9.90. The van der Waals surface area contributed by atoms with Crippen LogP contribution in [0.3, 0.4) is 0 Å². The molecule has 19 heavy (non-hydrogen) atoms. The van der Waals surface area contributed by atoms with Crippen LogP contribution >= 0.6 is 15.9 Å². The first-order valence-corrected chi connectivity index (χ1v) is 6.58. The zero-order valence-corrected chi connectivity index (χ0v) is 12.4. The molecule has 0 aliphatic carbocycles. The lowest BCUT2D eigenvalue weighted by atomic mass is 10.6. The van der Waals surface area contributed by atoms with Gasteiger partial charge in [-0.15, -0.1) is 0 Å². The van der Waals surface area contributed by atoms with Gasteiger partial charge in [-0.25, -0.2) is 9.97 Å². The fourth-order valence-corrected chi connectivity index (χ4v) is 1.45. The minimum atomic E-state index is 0.345. The molecule has 1 rings (SSSR count). The largest absolute Gasteiger partial charge is 0.474 e. The van der Waals surface area contributed by atoms with E-state index in [1.807, 2.05) is 0 Å². The molecular weight excluding hydrogens is 318 g/mol. The number of anilines is 1. The molecule has 8 heteroatoms. The van der Waals surface area contributed by atoms with Gasteiger partial charge in [-0.05, 0) is 15.9 Å². The molecule has 0 spiro atoms. The molecule has 0 atom stereocenters. The normalized spacial score (nSPS) is 10.6. The fraction of sp³-hybridized carbons (Fsp3) is 0.636. The average molecular weight is 336 g/mol. The van der Waals surface area contributed by atoms with Crippen LogP contribution in [0, 0.1) is 0 Å². The fourth-order valence-electron chi connectivity index (χ4n) is 1.13. The third-order valence-electron chi connectivity index (χ3n) is 2.05. The van der Waals surface area contributed by atoms with Gasteiger partial charge >= 0.3 is 0 Å². The minimum absolute atomic E-state index is 0.345. The smallest absolute Gasteiger partial charge is 0.233 e. The predicted molar refractivity (Wildman–Crippen MR) is 73.2 cm³/mol. The second-order valence-electron chi connectivity index (χ2n) is 3.44. The topological polar surface area (TPSA) is 88.7 Å². The van der Waals surface area contributed by atoms with Gasteiger partial charge in [0.15, 0.2) is 0 Å². The van der Waals surface area contributed by atoms with Crippen LogP contribution in [0.15, 0.2) is 10.8 Å². The number of nitrogens with two attached hydrogens (primary N) is 1. The summed E-state index contributed by atoms with van der Waals surface area (Å²) in [6.45, 7) is 3.04. The van der Waals surface area contributed by atoms with Crippen LogP contribution in [0.1, 0.15) is 0 Å². The summed E-state index contributed by atoms with van der Waals surface area (Å²) in [5.41, 5.74) is 5.59. The summed E-state index contributed by atoms with van der Waals surface area (Å²) in [5.74, 6) is 0.755. The summed E-state index contributed by atoms with van der Waals surface area (Å²) in [6.07, 6.45) is 1.35. The van der Waals surface area contributed by atoms with E-state index in [0.717, 1.165) is 0 Å². The Bertz CT molecular complexity index is 368. The van der Waals surface area contributed by atoms with Gasteiger partial charge in [-0.3, -0.25) is 0 Å². The Hall–Kier alpha value is -0.960. The van der Waals surface area contributed by atoms with Crippen LogP contribution in [0.5, 0.6) is 5.88 Å². The van der Waals surface area contributed by atoms with E-state index in [4.69, 9.17) is 24.7 Å². The summed E-state index contributed by atoms with van der Waals surface area (Å²) in [5, 5.41) is 0. The van der Waals surface area contributed by atoms with Crippen molar-refractivity contribution in [3.8, 4) is 5.88 Å². The molecule has 1 aromatic rings. The maximum atomic E-state index is 5.59. The highest BCUT2D eigenvalue weighted by Gasteiger charge is 2.06. The number of ether oxygens (including phenoxy) is 4. The van der Waals surface area contributed by atoms with E-state index in [2.05, 4.69) is 25.9 Å². The van der Waals surface area contributed by atoms with Crippen LogP contribution in [0.2, 0.25) is 0 Å². The third-order valence-corrected chi connectivity index (χ3v) is 2.80. The van der Waals surface area contributed by atoms with E-state index >= 15 is 0 Å². The number of nitrogens with zero attached hydrogens (tertiary/aromatic N) is 2. The maximum absolute atomic E-state index is 5.59. The number of aromatic nitrogens is 2. The molecule has 0 aliphatic heterocycles. The van der Waals surface area contributed by atoms with E-state index in [9.17, 15) is 0 Å². The van der Waals surface area contributed by atoms with Gasteiger partial charge in [0.1, 0.15) is 23.2 Å². The van der Waals surface area contributed by atoms with Crippen molar-refractivity contribution in [1.29, 1.82) is 0 Å². The Balaban J connectivity index is 2.03. The minimum Gasteiger partial charge on any atom is -0.474 e. The molecule has 0 aromatic carbocycles. The highest BCUT2D eigenvalue weighted by molar-refractivity contribution is 9.10. The van der Waals surface area contributed by atoms with Crippen molar-refractivity contribution in [3.05, 3.63) is 10.8 Å². The van der Waals surface area contributed by atoms with Crippen LogP contribution in [-0.2, 0) is 14.2 Å². The van der Waals surface area contributed by atoms with Crippen molar-refractivity contribution in [2.45, 2.75) is 0 Å². The quantitative estimate of drug-likeness (QED) is 0.635. The van der Waals surface area contributed by atoms with Gasteiger partial charge in [0.2, 0.25) is 5.88 Å². The number of nitrogen functional groups attached to an aromatic ring is 1. The number of halogens is 1. The molecule has 0 saturated heterocycles. The van der Waals surface area contributed by atoms with Gasteiger partial charge in [-0.2, -0.15) is 0 Å². The van der Waals surface area contributed by atoms with Crippen molar-refractivity contribution in [2.75, 3.05) is 52.5 Å². The molecular formula is C11H18BrN3O4. The van der Waals surface area contributed by atoms with Crippen molar-refractivity contribution < 1.29 is 18.9 Å². The van der Waals surface area contributed by atoms with Crippen molar-refractivity contribution >= 4 is 21.7 Å². The highest BCUT2D eigenvalue weighted by atomic mass is 79.9. The van der Waals surface area contributed by atoms with Gasteiger partial charge in [0.25, 0.3) is 0 Å². The highest BCUT2D eigenvalue weighted by Crippen LogP contribution is 2.25. The number of methoxy groups -OCH3 is 1. The molecule has 1 aromatic heterocycles. The Kier molecular flexibility index (Phi) is 8.39. The summed E-state index contributed by atoms with van der Waals surface area (Å²) in [4.78, 5) is 7.77. The van der Waals surface area contributed by atoms with Gasteiger partial charge in [-0.1, -0.05) is 0 Å². The predicted octanol–water partition coefficient (Wildman–Crippen LogP) is 0.880. The van der Waals surface area contributed by atoms with Crippen LogP contribution in [-0.4, -0.2) is 56.7 Å². The number of hydrogen-bond acceptors (Lipinski definition) is 7. The average Bonchev–Trinajstić information content (AvgIpc) is 2.41. The van der Waals surface area contributed by atoms with Crippen molar-refractivity contribution in [1.82, 2.24) is 9.97 Å². The van der Waals surface area contributed by atoms with Crippen molar-refractivity contribution in [3.63, 3.8) is 0 Å². The molecule has 108 valence electrons. The first-order valence-electron chi connectivity index (χ1n) is 5.79. The zero-order chi connectivity index (χ0) is 13.9. The molecule has 0 unspecified atom stereocenters. The van der Waals surface area contributed by atoms with E-state index in [1.54, 1.807) is 7.11 Å². The molecule has 0 saturated carbocycles. The monoisotopic (exact) mass is 335 g/mol. The van der Waals surface area contributed by atoms with Crippen molar-refractivity contribution in [2.24, 2.45) is 0 Å². The van der Waals surface area contributed by atoms with Crippen LogP contribution < -0.4 is 10.5 Å². The first kappa shape index (κ1) is 16.1. The summed E-state index contributed by atoms with van der Waals surface area (Å²) in [7, 11) is 1.63. The van der Waals surface area contributed by atoms with Crippen LogP contribution in [0.25, 0.3) is 0 Å². The Morgan fingerprint density at radius 2 is 1.68 bits per heavy atom. The van der Waals surface area contributed by atoms with E-state index in [1.165, 1.54) is 6.33 Å². The van der Waals surface area contributed by atoms with E-state index in [0.29, 0.717) is 55.8 Å². The molecule has 1 heterocycles. The van der Waals surface area contributed by atoms with Crippen LogP contribution in [0.4, 0.5) is 5.82 Å². The van der Waals surface area contributed by atoms with Gasteiger partial charge < -0.3 is 24.7 Å². The number of rotatable bonds is 10. The molecule has 0 bridgehead atoms. The van der Waals surface area contributed by atoms with E-state index in [-0.39, 0.29) is 0 Å². The molecule has 2 N–H and O–H groups in total. The first-order chi connectivity index (χ1) is 9.25.